The van der Waals surface area contributed by atoms with Gasteiger partial charge in [-0.05, 0) is 77.9 Å². The van der Waals surface area contributed by atoms with E-state index in [0.717, 1.165) is 20.3 Å². The SMILES string of the molecule is Cc1cc2ncn(CC(=O)Nc3cccc(I)c3)c2cc1C. The fraction of sp³-hybridized carbons (Fsp3) is 0.176. The van der Waals surface area contributed by atoms with Crippen molar-refractivity contribution in [2.45, 2.75) is 20.4 Å². The molecule has 0 fully saturated rings. The Balaban J connectivity index is 1.81. The monoisotopic (exact) mass is 405 g/mol. The van der Waals surface area contributed by atoms with E-state index in [4.69, 9.17) is 0 Å². The van der Waals surface area contributed by atoms with Gasteiger partial charge >= 0.3 is 0 Å². The average Bonchev–Trinajstić information content (AvgIpc) is 2.81. The molecule has 0 aliphatic heterocycles. The lowest BCUT2D eigenvalue weighted by Crippen LogP contribution is -2.18. The van der Waals surface area contributed by atoms with Crippen LogP contribution in [0.15, 0.2) is 42.7 Å². The maximum absolute atomic E-state index is 12.2. The second-order valence-corrected chi connectivity index (χ2v) is 6.60. The van der Waals surface area contributed by atoms with Crippen LogP contribution in [-0.4, -0.2) is 15.5 Å². The number of amides is 1. The molecule has 3 rings (SSSR count). The Morgan fingerprint density at radius 3 is 2.77 bits per heavy atom. The van der Waals surface area contributed by atoms with E-state index in [9.17, 15) is 4.79 Å². The third kappa shape index (κ3) is 3.14. The van der Waals surface area contributed by atoms with Gasteiger partial charge in [0.25, 0.3) is 0 Å². The summed E-state index contributed by atoms with van der Waals surface area (Å²) < 4.78 is 2.97. The summed E-state index contributed by atoms with van der Waals surface area (Å²) in [6.07, 6.45) is 1.72. The van der Waals surface area contributed by atoms with E-state index in [0.29, 0.717) is 0 Å². The summed E-state index contributed by atoms with van der Waals surface area (Å²) >= 11 is 2.23. The number of benzene rings is 2. The Hall–Kier alpha value is -1.89. The molecule has 1 amide bonds. The molecule has 1 N–H and O–H groups in total. The van der Waals surface area contributed by atoms with Crippen LogP contribution in [0.25, 0.3) is 11.0 Å². The van der Waals surface area contributed by atoms with Crippen molar-refractivity contribution < 1.29 is 4.79 Å². The van der Waals surface area contributed by atoms with Gasteiger partial charge in [-0.1, -0.05) is 6.07 Å². The quantitative estimate of drug-likeness (QED) is 0.672. The van der Waals surface area contributed by atoms with E-state index in [1.165, 1.54) is 11.1 Å². The molecule has 0 spiro atoms. The van der Waals surface area contributed by atoms with Gasteiger partial charge in [-0.15, -0.1) is 0 Å². The molecular formula is C17H16IN3O. The van der Waals surface area contributed by atoms with Crippen LogP contribution < -0.4 is 5.32 Å². The smallest absolute Gasteiger partial charge is 0.244 e. The van der Waals surface area contributed by atoms with E-state index >= 15 is 0 Å². The molecule has 4 nitrogen and oxygen atoms in total. The van der Waals surface area contributed by atoms with Crippen molar-refractivity contribution in [2.24, 2.45) is 0 Å². The number of carbonyl (C=O) groups excluding carboxylic acids is 1. The van der Waals surface area contributed by atoms with E-state index in [1.54, 1.807) is 6.33 Å². The summed E-state index contributed by atoms with van der Waals surface area (Å²) in [6.45, 7) is 4.39. The first kappa shape index (κ1) is 15.0. The van der Waals surface area contributed by atoms with Gasteiger partial charge < -0.3 is 9.88 Å². The van der Waals surface area contributed by atoms with Gasteiger partial charge in [0.15, 0.2) is 0 Å². The Morgan fingerprint density at radius 2 is 2.00 bits per heavy atom. The second kappa shape index (κ2) is 6.08. The molecular weight excluding hydrogens is 389 g/mol. The van der Waals surface area contributed by atoms with Crippen LogP contribution in [-0.2, 0) is 11.3 Å². The van der Waals surface area contributed by atoms with Crippen LogP contribution in [0.3, 0.4) is 0 Å². The van der Waals surface area contributed by atoms with E-state index in [2.05, 4.69) is 58.9 Å². The predicted molar refractivity (Wildman–Crippen MR) is 97.0 cm³/mol. The summed E-state index contributed by atoms with van der Waals surface area (Å²) in [7, 11) is 0. The molecule has 0 aliphatic rings. The summed E-state index contributed by atoms with van der Waals surface area (Å²) in [5.74, 6) is -0.0560. The number of carbonyl (C=O) groups is 1. The van der Waals surface area contributed by atoms with Crippen LogP contribution in [0.1, 0.15) is 11.1 Å². The number of nitrogens with zero attached hydrogens (tertiary/aromatic N) is 2. The van der Waals surface area contributed by atoms with Gasteiger partial charge in [-0.2, -0.15) is 0 Å². The first-order chi connectivity index (χ1) is 10.5. The van der Waals surface area contributed by atoms with Crippen molar-refractivity contribution in [3.63, 3.8) is 0 Å². The number of aromatic nitrogens is 2. The van der Waals surface area contributed by atoms with Gasteiger partial charge in [0.05, 0.1) is 17.4 Å². The molecule has 1 aromatic heterocycles. The van der Waals surface area contributed by atoms with Crippen molar-refractivity contribution in [1.82, 2.24) is 9.55 Å². The van der Waals surface area contributed by atoms with Crippen molar-refractivity contribution in [2.75, 3.05) is 5.32 Å². The molecule has 0 aliphatic carbocycles. The number of hydrogen-bond acceptors (Lipinski definition) is 2. The molecule has 112 valence electrons. The highest BCUT2D eigenvalue weighted by Crippen LogP contribution is 2.18. The highest BCUT2D eigenvalue weighted by atomic mass is 127. The van der Waals surface area contributed by atoms with Crippen molar-refractivity contribution in [3.05, 3.63) is 57.4 Å². The van der Waals surface area contributed by atoms with Crippen LogP contribution in [0.5, 0.6) is 0 Å². The van der Waals surface area contributed by atoms with E-state index < -0.39 is 0 Å². The molecule has 0 radical (unpaired) electrons. The van der Waals surface area contributed by atoms with Gasteiger partial charge in [0, 0.05) is 9.26 Å². The molecule has 5 heteroatoms. The third-order valence-electron chi connectivity index (χ3n) is 3.66. The number of aryl methyl sites for hydroxylation is 2. The van der Waals surface area contributed by atoms with Gasteiger partial charge in [0.1, 0.15) is 6.54 Å². The van der Waals surface area contributed by atoms with Crippen LogP contribution >= 0.6 is 22.6 Å². The molecule has 0 saturated heterocycles. The zero-order chi connectivity index (χ0) is 15.7. The molecule has 0 atom stereocenters. The fourth-order valence-electron chi connectivity index (χ4n) is 2.36. The van der Waals surface area contributed by atoms with Crippen molar-refractivity contribution in [1.29, 1.82) is 0 Å². The topological polar surface area (TPSA) is 46.9 Å². The molecule has 22 heavy (non-hydrogen) atoms. The number of nitrogens with one attached hydrogen (secondary N) is 1. The minimum atomic E-state index is -0.0560. The Morgan fingerprint density at radius 1 is 1.23 bits per heavy atom. The summed E-state index contributed by atoms with van der Waals surface area (Å²) in [6, 6.07) is 11.9. The number of hydrogen-bond donors (Lipinski definition) is 1. The number of imidazole rings is 1. The molecule has 1 heterocycles. The first-order valence-corrected chi connectivity index (χ1v) is 8.08. The number of anilines is 1. The standard InChI is InChI=1S/C17H16IN3O/c1-11-6-15-16(7-12(11)2)21(10-19-15)9-17(22)20-14-5-3-4-13(18)8-14/h3-8,10H,9H2,1-2H3,(H,20,22). The van der Waals surface area contributed by atoms with Crippen LogP contribution in [0.2, 0.25) is 0 Å². The van der Waals surface area contributed by atoms with Crippen molar-refractivity contribution >= 4 is 45.2 Å². The van der Waals surface area contributed by atoms with Crippen molar-refractivity contribution in [3.8, 4) is 0 Å². The van der Waals surface area contributed by atoms with Crippen LogP contribution in [0, 0.1) is 17.4 Å². The zero-order valence-electron chi connectivity index (χ0n) is 12.4. The predicted octanol–water partition coefficient (Wildman–Crippen LogP) is 3.90. The Bertz CT molecular complexity index is 854. The fourth-order valence-corrected chi connectivity index (χ4v) is 2.90. The first-order valence-electron chi connectivity index (χ1n) is 7.00. The average molecular weight is 405 g/mol. The highest BCUT2D eigenvalue weighted by Gasteiger charge is 2.09. The van der Waals surface area contributed by atoms with Gasteiger partial charge in [-0.3, -0.25) is 4.79 Å². The molecule has 3 aromatic rings. The maximum atomic E-state index is 12.2. The maximum Gasteiger partial charge on any atom is 0.244 e. The third-order valence-corrected chi connectivity index (χ3v) is 4.33. The number of rotatable bonds is 3. The second-order valence-electron chi connectivity index (χ2n) is 5.36. The largest absolute Gasteiger partial charge is 0.325 e. The summed E-state index contributed by atoms with van der Waals surface area (Å²) in [5.41, 5.74) is 5.13. The Labute approximate surface area is 142 Å². The summed E-state index contributed by atoms with van der Waals surface area (Å²) in [4.78, 5) is 16.6. The molecule has 0 unspecified atom stereocenters. The molecule has 2 aromatic carbocycles. The molecule has 0 saturated carbocycles. The molecule has 0 bridgehead atoms. The number of halogens is 1. The summed E-state index contributed by atoms with van der Waals surface area (Å²) in [5, 5.41) is 2.92. The van der Waals surface area contributed by atoms with Gasteiger partial charge in [-0.25, -0.2) is 4.98 Å². The lowest BCUT2D eigenvalue weighted by Gasteiger charge is -2.08. The van der Waals surface area contributed by atoms with E-state index in [-0.39, 0.29) is 12.5 Å². The Kier molecular flexibility index (Phi) is 4.15. The van der Waals surface area contributed by atoms with E-state index in [1.807, 2.05) is 28.8 Å². The van der Waals surface area contributed by atoms with Gasteiger partial charge in [0.2, 0.25) is 5.91 Å². The highest BCUT2D eigenvalue weighted by molar-refractivity contribution is 14.1. The minimum Gasteiger partial charge on any atom is -0.325 e. The van der Waals surface area contributed by atoms with Crippen LogP contribution in [0.4, 0.5) is 5.69 Å². The lowest BCUT2D eigenvalue weighted by molar-refractivity contribution is -0.116. The lowest BCUT2D eigenvalue weighted by atomic mass is 10.1. The normalized spacial score (nSPS) is 10.9. The number of fused-ring (bicyclic) bond motifs is 1. The minimum absolute atomic E-state index is 0.0560. The zero-order valence-corrected chi connectivity index (χ0v) is 14.6.